The summed E-state index contributed by atoms with van der Waals surface area (Å²) in [5.74, 6) is 0. The molecule has 0 aliphatic carbocycles. The summed E-state index contributed by atoms with van der Waals surface area (Å²) in [6, 6.07) is 17.7. The van der Waals surface area contributed by atoms with Crippen molar-refractivity contribution in [2.45, 2.75) is 53.8 Å². The molecular formula is C24H29NO6S. The van der Waals surface area contributed by atoms with Crippen molar-refractivity contribution in [3.05, 3.63) is 66.2 Å². The zero-order valence-corrected chi connectivity index (χ0v) is 18.9. The first kappa shape index (κ1) is 22.0. The second kappa shape index (κ2) is 9.21. The molecule has 3 aliphatic heterocycles. The second-order valence-electron chi connectivity index (χ2n) is 8.51. The van der Waals surface area contributed by atoms with Crippen LogP contribution in [-0.2, 0) is 28.8 Å². The Labute approximate surface area is 189 Å². The average Bonchev–Trinajstić information content (AvgIpc) is 3.38. The molecule has 0 bridgehead atoms. The van der Waals surface area contributed by atoms with Gasteiger partial charge in [-0.05, 0) is 38.1 Å². The average molecular weight is 460 g/mol. The summed E-state index contributed by atoms with van der Waals surface area (Å²) < 4.78 is 52.4. The van der Waals surface area contributed by atoms with Gasteiger partial charge in [-0.25, -0.2) is 8.42 Å². The fourth-order valence-electron chi connectivity index (χ4n) is 5.08. The van der Waals surface area contributed by atoms with Crippen molar-refractivity contribution in [2.24, 2.45) is 0 Å². The van der Waals surface area contributed by atoms with Crippen LogP contribution >= 0.6 is 0 Å². The van der Waals surface area contributed by atoms with Crippen molar-refractivity contribution in [1.82, 2.24) is 4.90 Å². The molecule has 0 saturated carbocycles. The number of likely N-dealkylation sites (tertiary alicyclic amines) is 1. The highest BCUT2D eigenvalue weighted by atomic mass is 32.2. The van der Waals surface area contributed by atoms with Crippen LogP contribution in [0.1, 0.15) is 24.7 Å². The highest BCUT2D eigenvalue weighted by molar-refractivity contribution is 7.92. The number of ether oxygens (including phenoxy) is 4. The summed E-state index contributed by atoms with van der Waals surface area (Å²) in [6.07, 6.45) is -0.504. The first-order valence-electron chi connectivity index (χ1n) is 11.1. The van der Waals surface area contributed by atoms with Crippen LogP contribution in [0, 0.1) is 0 Å². The zero-order valence-electron chi connectivity index (χ0n) is 18.1. The van der Waals surface area contributed by atoms with Gasteiger partial charge in [0.25, 0.3) is 0 Å². The molecule has 3 fully saturated rings. The summed E-state index contributed by atoms with van der Waals surface area (Å²) in [7, 11) is -2.18. The van der Waals surface area contributed by atoms with E-state index in [1.807, 2.05) is 36.4 Å². The van der Waals surface area contributed by atoms with Gasteiger partial charge in [0.15, 0.2) is 22.4 Å². The molecule has 0 spiro atoms. The SMILES string of the molecule is CO[C@H]1O[C@@H]2CO[C@@H](c3ccccc3)O[C@H]2[C@H](S(=O)(=O)c2ccccc2)[C@@H]1N1CCCC1. The quantitative estimate of drug-likeness (QED) is 0.681. The number of nitrogens with zero attached hydrogens (tertiary/aromatic N) is 1. The Morgan fingerprint density at radius 3 is 2.25 bits per heavy atom. The molecule has 3 aliphatic rings. The fourth-order valence-corrected chi connectivity index (χ4v) is 7.19. The monoisotopic (exact) mass is 459 g/mol. The first-order valence-corrected chi connectivity index (χ1v) is 12.7. The lowest BCUT2D eigenvalue weighted by atomic mass is 9.97. The Balaban J connectivity index is 1.57. The molecule has 3 heterocycles. The molecule has 172 valence electrons. The van der Waals surface area contributed by atoms with Crippen molar-refractivity contribution in [3.63, 3.8) is 0 Å². The number of hydrogen-bond donors (Lipinski definition) is 0. The van der Waals surface area contributed by atoms with Gasteiger partial charge in [-0.1, -0.05) is 48.5 Å². The largest absolute Gasteiger partial charge is 0.354 e. The first-order chi connectivity index (χ1) is 15.6. The Morgan fingerprint density at radius 2 is 1.59 bits per heavy atom. The lowest BCUT2D eigenvalue weighted by molar-refractivity contribution is -0.324. The third kappa shape index (κ3) is 4.00. The standard InChI is InChI=1S/C24H29NO6S/c1-28-24-20(25-14-8-9-15-25)22(32(26,27)18-12-6-3-7-13-18)21-19(30-24)16-29-23(31-21)17-10-4-2-5-11-17/h2-7,10-13,19-24H,8-9,14-16H2,1H3/t19-,20+,21-,22-,23-,24+/m1/s1. The van der Waals surface area contributed by atoms with E-state index in [1.54, 1.807) is 31.4 Å². The van der Waals surface area contributed by atoms with Gasteiger partial charge >= 0.3 is 0 Å². The maximum absolute atomic E-state index is 14.1. The minimum atomic E-state index is -3.75. The summed E-state index contributed by atoms with van der Waals surface area (Å²) in [5.41, 5.74) is 0.855. The van der Waals surface area contributed by atoms with Crippen LogP contribution in [0.15, 0.2) is 65.6 Å². The van der Waals surface area contributed by atoms with E-state index in [0.29, 0.717) is 0 Å². The van der Waals surface area contributed by atoms with Crippen LogP contribution in [0.5, 0.6) is 0 Å². The Kier molecular flexibility index (Phi) is 6.33. The summed E-state index contributed by atoms with van der Waals surface area (Å²) in [4.78, 5) is 2.47. The molecule has 7 nitrogen and oxygen atoms in total. The Morgan fingerprint density at radius 1 is 0.938 bits per heavy atom. The van der Waals surface area contributed by atoms with E-state index in [1.165, 1.54) is 0 Å². The van der Waals surface area contributed by atoms with E-state index in [0.717, 1.165) is 31.5 Å². The third-order valence-electron chi connectivity index (χ3n) is 6.60. The van der Waals surface area contributed by atoms with Crippen LogP contribution in [0.2, 0.25) is 0 Å². The highest BCUT2D eigenvalue weighted by Crippen LogP contribution is 2.41. The Hall–Kier alpha value is -1.81. The van der Waals surface area contributed by atoms with Crippen LogP contribution < -0.4 is 0 Å². The van der Waals surface area contributed by atoms with Gasteiger partial charge in [-0.15, -0.1) is 0 Å². The van der Waals surface area contributed by atoms with Crippen LogP contribution in [0.25, 0.3) is 0 Å². The van der Waals surface area contributed by atoms with Gasteiger partial charge in [0.1, 0.15) is 17.5 Å². The van der Waals surface area contributed by atoms with E-state index < -0.39 is 45.9 Å². The van der Waals surface area contributed by atoms with Gasteiger partial charge in [0, 0.05) is 12.7 Å². The van der Waals surface area contributed by atoms with E-state index >= 15 is 0 Å². The number of fused-ring (bicyclic) bond motifs is 1. The topological polar surface area (TPSA) is 74.3 Å². The Bertz CT molecular complexity index is 996. The van der Waals surface area contributed by atoms with Crippen molar-refractivity contribution in [2.75, 3.05) is 26.8 Å². The minimum Gasteiger partial charge on any atom is -0.354 e. The van der Waals surface area contributed by atoms with E-state index in [-0.39, 0.29) is 11.5 Å². The van der Waals surface area contributed by atoms with Gasteiger partial charge < -0.3 is 18.9 Å². The highest BCUT2D eigenvalue weighted by Gasteiger charge is 2.57. The molecule has 5 rings (SSSR count). The molecule has 0 aromatic heterocycles. The smallest absolute Gasteiger partial charge is 0.185 e. The van der Waals surface area contributed by atoms with Crippen LogP contribution in [-0.4, -0.2) is 69.9 Å². The van der Waals surface area contributed by atoms with Gasteiger partial charge in [0.05, 0.1) is 17.5 Å². The molecule has 8 heteroatoms. The molecule has 2 aromatic rings. The maximum atomic E-state index is 14.1. The summed E-state index contributed by atoms with van der Waals surface area (Å²) in [5, 5.41) is -0.846. The fraction of sp³-hybridized carbons (Fsp3) is 0.500. The molecule has 0 unspecified atom stereocenters. The van der Waals surface area contributed by atoms with Gasteiger partial charge in [0.2, 0.25) is 0 Å². The van der Waals surface area contributed by atoms with Crippen LogP contribution in [0.4, 0.5) is 0 Å². The van der Waals surface area contributed by atoms with Crippen LogP contribution in [0.3, 0.4) is 0 Å². The molecule has 2 aromatic carbocycles. The molecule has 0 radical (unpaired) electrons. The number of methoxy groups -OCH3 is 1. The third-order valence-corrected chi connectivity index (χ3v) is 8.80. The van der Waals surface area contributed by atoms with Crippen molar-refractivity contribution in [1.29, 1.82) is 0 Å². The predicted molar refractivity (Wildman–Crippen MR) is 118 cm³/mol. The molecule has 6 atom stereocenters. The lowest BCUT2D eigenvalue weighted by Gasteiger charge is -2.51. The molecule has 0 amide bonds. The summed E-state index contributed by atoms with van der Waals surface area (Å²) >= 11 is 0. The summed E-state index contributed by atoms with van der Waals surface area (Å²) in [6.45, 7) is 1.85. The molecular weight excluding hydrogens is 430 g/mol. The zero-order chi connectivity index (χ0) is 22.1. The van der Waals surface area contributed by atoms with Gasteiger partial charge in [-0.3, -0.25) is 4.90 Å². The number of benzene rings is 2. The molecule has 0 N–H and O–H groups in total. The number of sulfone groups is 1. The lowest BCUT2D eigenvalue weighted by Crippen LogP contribution is -2.68. The normalized spacial score (nSPS) is 33.7. The minimum absolute atomic E-state index is 0.234. The maximum Gasteiger partial charge on any atom is 0.185 e. The van der Waals surface area contributed by atoms with Crippen molar-refractivity contribution < 1.29 is 27.4 Å². The van der Waals surface area contributed by atoms with E-state index in [9.17, 15) is 8.42 Å². The number of hydrogen-bond acceptors (Lipinski definition) is 7. The molecule has 3 saturated heterocycles. The number of rotatable bonds is 5. The molecule has 32 heavy (non-hydrogen) atoms. The predicted octanol–water partition coefficient (Wildman–Crippen LogP) is 2.78. The van der Waals surface area contributed by atoms with Gasteiger partial charge in [-0.2, -0.15) is 0 Å². The second-order valence-corrected chi connectivity index (χ2v) is 10.6. The van der Waals surface area contributed by atoms with Crippen molar-refractivity contribution >= 4 is 9.84 Å². The van der Waals surface area contributed by atoms with E-state index in [4.69, 9.17) is 18.9 Å². The van der Waals surface area contributed by atoms with Crippen molar-refractivity contribution in [3.8, 4) is 0 Å². The van der Waals surface area contributed by atoms with E-state index in [2.05, 4.69) is 4.90 Å².